The van der Waals surface area contributed by atoms with E-state index in [1.807, 2.05) is 36.4 Å². The number of terminal acetylenes is 1. The van der Waals surface area contributed by atoms with Crippen LogP contribution in [0.1, 0.15) is 22.1 Å². The zero-order valence-electron chi connectivity index (χ0n) is 10.8. The van der Waals surface area contributed by atoms with Crippen molar-refractivity contribution in [3.05, 3.63) is 59.2 Å². The largest absolute Gasteiger partial charge is 0.290 e. The number of benzene rings is 2. The average molecular weight is 302 g/mol. The first kappa shape index (κ1) is 13.2. The van der Waals surface area contributed by atoms with Crippen LogP contribution in [0.2, 0.25) is 0 Å². The van der Waals surface area contributed by atoms with Gasteiger partial charge in [-0.2, -0.15) is 0 Å². The van der Waals surface area contributed by atoms with Crippen molar-refractivity contribution in [3.63, 3.8) is 0 Å². The van der Waals surface area contributed by atoms with Crippen molar-refractivity contribution in [2.24, 2.45) is 0 Å². The van der Waals surface area contributed by atoms with Crippen LogP contribution in [-0.2, 0) is 11.0 Å². The number of anilines is 1. The molecule has 1 aliphatic rings. The minimum atomic E-state index is -1.32. The Balaban J connectivity index is 2.29. The molecular weight excluding hydrogens is 290 g/mol. The third-order valence-electron chi connectivity index (χ3n) is 3.44. The number of fused-ring (bicyclic) bond motifs is 2. The second-order valence-electron chi connectivity index (χ2n) is 4.56. The van der Waals surface area contributed by atoms with Crippen molar-refractivity contribution in [2.45, 2.75) is 10.3 Å². The average Bonchev–Trinajstić information content (AvgIpc) is 2.58. The Morgan fingerprint density at radius 2 is 2.00 bits per heavy atom. The van der Waals surface area contributed by atoms with E-state index in [9.17, 15) is 4.21 Å². The Kier molecular flexibility index (Phi) is 3.29. The molecule has 100 valence electrons. The minimum Gasteiger partial charge on any atom is -0.290 e. The van der Waals surface area contributed by atoms with E-state index in [1.54, 1.807) is 17.4 Å². The van der Waals surface area contributed by atoms with Gasteiger partial charge in [-0.15, -0.1) is 18.0 Å². The van der Waals surface area contributed by atoms with Crippen LogP contribution in [0.25, 0.3) is 0 Å². The number of rotatable bonds is 0. The Bertz CT molecular complexity index is 750. The molecule has 2 nitrogen and oxygen atoms in total. The van der Waals surface area contributed by atoms with E-state index in [1.165, 1.54) is 0 Å². The summed E-state index contributed by atoms with van der Waals surface area (Å²) in [5.74, 6) is 2.57. The first-order valence-electron chi connectivity index (χ1n) is 6.12. The fourth-order valence-corrected chi connectivity index (χ4v) is 4.07. The summed E-state index contributed by atoms with van der Waals surface area (Å²) < 4.78 is 14.5. The van der Waals surface area contributed by atoms with Gasteiger partial charge in [0.1, 0.15) is 0 Å². The maximum Gasteiger partial charge on any atom is 0.153 e. The fourth-order valence-electron chi connectivity index (χ4n) is 2.38. The van der Waals surface area contributed by atoms with Gasteiger partial charge in [-0.25, -0.2) is 4.21 Å². The minimum absolute atomic E-state index is 0.332. The summed E-state index contributed by atoms with van der Waals surface area (Å²) in [4.78, 5) is 0.680. The second kappa shape index (κ2) is 4.97. The van der Waals surface area contributed by atoms with E-state index >= 15 is 0 Å². The zero-order chi connectivity index (χ0) is 14.3. The van der Waals surface area contributed by atoms with Crippen LogP contribution in [0.4, 0.5) is 5.69 Å². The highest BCUT2D eigenvalue weighted by Gasteiger charge is 2.28. The molecule has 0 bridgehead atoms. The first-order chi connectivity index (χ1) is 9.63. The SMILES string of the molecule is C#Cc1ccc2c(c1)S(=O)N(C)c1ccccc1C2Cl. The Morgan fingerprint density at radius 1 is 1.25 bits per heavy atom. The summed E-state index contributed by atoms with van der Waals surface area (Å²) in [5, 5.41) is -0.332. The number of nitrogens with zero attached hydrogens (tertiary/aromatic N) is 1. The molecular formula is C16H12ClNOS. The number of hydrogen-bond donors (Lipinski definition) is 0. The highest BCUT2D eigenvalue weighted by atomic mass is 35.5. The number of halogens is 1. The van der Waals surface area contributed by atoms with E-state index in [-0.39, 0.29) is 5.38 Å². The van der Waals surface area contributed by atoms with Crippen LogP contribution >= 0.6 is 11.6 Å². The molecule has 2 unspecified atom stereocenters. The molecule has 2 atom stereocenters. The Labute approximate surface area is 126 Å². The highest BCUT2D eigenvalue weighted by Crippen LogP contribution is 2.41. The lowest BCUT2D eigenvalue weighted by Crippen LogP contribution is -2.20. The third-order valence-corrected chi connectivity index (χ3v) is 5.33. The predicted molar refractivity (Wildman–Crippen MR) is 83.3 cm³/mol. The molecule has 2 aromatic rings. The molecule has 0 spiro atoms. The summed E-state index contributed by atoms with van der Waals surface area (Å²) in [6.07, 6.45) is 5.43. The maximum atomic E-state index is 12.7. The van der Waals surface area contributed by atoms with Gasteiger partial charge in [-0.05, 0) is 29.3 Å². The van der Waals surface area contributed by atoms with Crippen molar-refractivity contribution < 1.29 is 4.21 Å². The van der Waals surface area contributed by atoms with Gasteiger partial charge in [0.2, 0.25) is 0 Å². The lowest BCUT2D eigenvalue weighted by atomic mass is 10.0. The summed E-state index contributed by atoms with van der Waals surface area (Å²) in [7, 11) is 0.484. The molecule has 1 aliphatic heterocycles. The van der Waals surface area contributed by atoms with Gasteiger partial charge in [0.25, 0.3) is 0 Å². The topological polar surface area (TPSA) is 20.3 Å². The van der Waals surface area contributed by atoms with Crippen molar-refractivity contribution in [2.75, 3.05) is 11.4 Å². The van der Waals surface area contributed by atoms with Crippen LogP contribution in [0.5, 0.6) is 0 Å². The molecule has 0 aromatic heterocycles. The molecule has 20 heavy (non-hydrogen) atoms. The van der Waals surface area contributed by atoms with Crippen molar-refractivity contribution in [1.82, 2.24) is 0 Å². The van der Waals surface area contributed by atoms with Gasteiger partial charge in [0.05, 0.1) is 16.0 Å². The molecule has 2 aromatic carbocycles. The number of para-hydroxylation sites is 1. The first-order valence-corrected chi connectivity index (χ1v) is 7.67. The van der Waals surface area contributed by atoms with E-state index < -0.39 is 11.0 Å². The predicted octanol–water partition coefficient (Wildman–Crippen LogP) is 3.47. The zero-order valence-corrected chi connectivity index (χ0v) is 12.4. The molecule has 0 N–H and O–H groups in total. The van der Waals surface area contributed by atoms with Gasteiger partial charge in [0, 0.05) is 12.6 Å². The lowest BCUT2D eigenvalue weighted by molar-refractivity contribution is 0.681. The highest BCUT2D eigenvalue weighted by molar-refractivity contribution is 7.86. The molecule has 0 fully saturated rings. The molecule has 4 heteroatoms. The van der Waals surface area contributed by atoms with Gasteiger partial charge in [-0.3, -0.25) is 4.31 Å². The maximum absolute atomic E-state index is 12.7. The standard InChI is InChI=1S/C16H12ClNOS/c1-3-11-8-9-13-15(10-11)20(19)18(2)14-7-5-4-6-12(14)16(13)17/h1,4-10,16H,2H3. The summed E-state index contributed by atoms with van der Waals surface area (Å²) in [5.41, 5.74) is 3.39. The molecule has 3 rings (SSSR count). The molecule has 0 radical (unpaired) electrons. The Hall–Kier alpha value is -1.76. The van der Waals surface area contributed by atoms with Crippen LogP contribution in [0, 0.1) is 12.3 Å². The molecule has 0 saturated heterocycles. The van der Waals surface area contributed by atoms with Crippen molar-refractivity contribution in [3.8, 4) is 12.3 Å². The van der Waals surface area contributed by atoms with Gasteiger partial charge in [-0.1, -0.05) is 30.2 Å². The van der Waals surface area contributed by atoms with Crippen molar-refractivity contribution in [1.29, 1.82) is 0 Å². The summed E-state index contributed by atoms with van der Waals surface area (Å²) in [6, 6.07) is 13.2. The van der Waals surface area contributed by atoms with Crippen LogP contribution in [0.15, 0.2) is 47.4 Å². The van der Waals surface area contributed by atoms with Gasteiger partial charge < -0.3 is 0 Å². The molecule has 0 saturated carbocycles. The Morgan fingerprint density at radius 3 is 2.75 bits per heavy atom. The van der Waals surface area contributed by atoms with Crippen molar-refractivity contribution >= 4 is 28.3 Å². The van der Waals surface area contributed by atoms with E-state index in [0.717, 1.165) is 16.8 Å². The smallest absolute Gasteiger partial charge is 0.153 e. The van der Waals surface area contributed by atoms with E-state index in [4.69, 9.17) is 18.0 Å². The van der Waals surface area contributed by atoms with Crippen LogP contribution < -0.4 is 4.31 Å². The van der Waals surface area contributed by atoms with Gasteiger partial charge in [0.15, 0.2) is 11.0 Å². The monoisotopic (exact) mass is 301 g/mol. The number of alkyl halides is 1. The van der Waals surface area contributed by atoms with Crippen LogP contribution in [0.3, 0.4) is 0 Å². The second-order valence-corrected chi connectivity index (χ2v) is 6.49. The number of hydrogen-bond acceptors (Lipinski definition) is 1. The summed E-state index contributed by atoms with van der Waals surface area (Å²) in [6.45, 7) is 0. The molecule has 0 aliphatic carbocycles. The van der Waals surface area contributed by atoms with Gasteiger partial charge >= 0.3 is 0 Å². The van der Waals surface area contributed by atoms with E-state index in [2.05, 4.69) is 5.92 Å². The normalized spacial score (nSPS) is 20.6. The molecule has 1 heterocycles. The van der Waals surface area contributed by atoms with E-state index in [0.29, 0.717) is 10.5 Å². The van der Waals surface area contributed by atoms with Crippen LogP contribution in [-0.4, -0.2) is 11.3 Å². The lowest BCUT2D eigenvalue weighted by Gasteiger charge is -2.18. The molecule has 0 amide bonds. The summed E-state index contributed by atoms with van der Waals surface area (Å²) >= 11 is 6.60. The third kappa shape index (κ3) is 1.93. The quantitative estimate of drug-likeness (QED) is 0.539. The fraction of sp³-hybridized carbons (Fsp3) is 0.125.